The van der Waals surface area contributed by atoms with Crippen LogP contribution in [0.5, 0.6) is 0 Å². The van der Waals surface area contributed by atoms with Gasteiger partial charge in [-0.05, 0) is 12.8 Å². The average molecular weight is 334 g/mol. The molecule has 1 aromatic heterocycles. The number of anilines is 1. The number of nitrogens with zero attached hydrogens (tertiary/aromatic N) is 3. The van der Waals surface area contributed by atoms with Gasteiger partial charge in [0.1, 0.15) is 11.1 Å². The van der Waals surface area contributed by atoms with Crippen molar-refractivity contribution in [3.63, 3.8) is 0 Å². The van der Waals surface area contributed by atoms with Gasteiger partial charge in [-0.1, -0.05) is 29.5 Å². The molecule has 1 unspecified atom stereocenters. The summed E-state index contributed by atoms with van der Waals surface area (Å²) in [5.41, 5.74) is 0.291. The van der Waals surface area contributed by atoms with Crippen molar-refractivity contribution in [1.82, 2.24) is 10.2 Å². The third-order valence-corrected chi connectivity index (χ3v) is 4.36. The summed E-state index contributed by atoms with van der Waals surface area (Å²) < 4.78 is 5.52. The van der Waals surface area contributed by atoms with E-state index in [9.17, 15) is 14.9 Å². The molecule has 1 amide bonds. The zero-order valence-electron chi connectivity index (χ0n) is 12.1. The molecule has 0 aliphatic carbocycles. The molecule has 9 heteroatoms. The second-order valence-electron chi connectivity index (χ2n) is 5.06. The molecule has 0 saturated carbocycles. The number of benzene rings is 1. The second-order valence-corrected chi connectivity index (χ2v) is 6.07. The van der Waals surface area contributed by atoms with Gasteiger partial charge in [-0.15, -0.1) is 10.2 Å². The van der Waals surface area contributed by atoms with E-state index in [1.807, 2.05) is 0 Å². The van der Waals surface area contributed by atoms with E-state index in [-0.39, 0.29) is 24.1 Å². The molecule has 1 saturated heterocycles. The van der Waals surface area contributed by atoms with Crippen LogP contribution in [-0.2, 0) is 16.0 Å². The molecule has 1 atom stereocenters. The Labute approximate surface area is 135 Å². The Hall–Kier alpha value is -2.39. The topological polar surface area (TPSA) is 107 Å². The Bertz CT molecular complexity index is 727. The molecule has 2 aromatic rings. The fourth-order valence-corrected chi connectivity index (χ4v) is 3.21. The van der Waals surface area contributed by atoms with Gasteiger partial charge in [-0.25, -0.2) is 0 Å². The van der Waals surface area contributed by atoms with E-state index in [2.05, 4.69) is 15.5 Å². The van der Waals surface area contributed by atoms with Crippen LogP contribution >= 0.6 is 11.3 Å². The van der Waals surface area contributed by atoms with E-state index >= 15 is 0 Å². The van der Waals surface area contributed by atoms with Crippen molar-refractivity contribution in [2.45, 2.75) is 25.4 Å². The number of nitrogens with one attached hydrogen (secondary N) is 1. The number of ether oxygens (including phenoxy) is 1. The number of hydrogen-bond acceptors (Lipinski definition) is 7. The van der Waals surface area contributed by atoms with Crippen molar-refractivity contribution in [2.75, 3.05) is 11.9 Å². The Balaban J connectivity index is 1.65. The molecule has 8 nitrogen and oxygen atoms in total. The monoisotopic (exact) mass is 334 g/mol. The van der Waals surface area contributed by atoms with E-state index in [0.717, 1.165) is 17.8 Å². The Morgan fingerprint density at radius 1 is 1.43 bits per heavy atom. The molecule has 23 heavy (non-hydrogen) atoms. The second kappa shape index (κ2) is 6.80. The first-order valence-electron chi connectivity index (χ1n) is 7.10. The zero-order chi connectivity index (χ0) is 16.2. The van der Waals surface area contributed by atoms with Crippen molar-refractivity contribution in [3.8, 4) is 0 Å². The lowest BCUT2D eigenvalue weighted by Crippen LogP contribution is -2.15. The molecule has 1 aliphatic heterocycles. The van der Waals surface area contributed by atoms with Gasteiger partial charge in [0.25, 0.3) is 5.69 Å². The zero-order valence-corrected chi connectivity index (χ0v) is 12.9. The average Bonchev–Trinajstić information content (AvgIpc) is 3.18. The van der Waals surface area contributed by atoms with E-state index in [0.29, 0.717) is 17.3 Å². The predicted octanol–water partition coefficient (Wildman–Crippen LogP) is 2.48. The van der Waals surface area contributed by atoms with Gasteiger partial charge in [-0.2, -0.15) is 0 Å². The molecule has 1 aromatic carbocycles. The minimum Gasteiger partial charge on any atom is -0.371 e. The molecule has 1 N–H and O–H groups in total. The van der Waals surface area contributed by atoms with Crippen molar-refractivity contribution in [3.05, 3.63) is 45.0 Å². The minimum atomic E-state index is -0.497. The molecule has 120 valence electrons. The number of aromatic nitrogens is 2. The van der Waals surface area contributed by atoms with Gasteiger partial charge >= 0.3 is 0 Å². The number of nitro groups is 1. The van der Waals surface area contributed by atoms with E-state index in [1.54, 1.807) is 18.2 Å². The van der Waals surface area contributed by atoms with Crippen LogP contribution in [0, 0.1) is 10.1 Å². The molecule has 1 fully saturated rings. The lowest BCUT2D eigenvalue weighted by Gasteiger charge is -2.03. The normalized spacial score (nSPS) is 17.1. The lowest BCUT2D eigenvalue weighted by molar-refractivity contribution is -0.385. The summed E-state index contributed by atoms with van der Waals surface area (Å²) in [6.45, 7) is 0.712. The molecule has 2 heterocycles. The maximum atomic E-state index is 12.1. The smallest absolute Gasteiger partial charge is 0.273 e. The Kier molecular flexibility index (Phi) is 4.58. The predicted molar refractivity (Wildman–Crippen MR) is 83.3 cm³/mol. The summed E-state index contributed by atoms with van der Waals surface area (Å²) in [4.78, 5) is 22.5. The third kappa shape index (κ3) is 3.69. The summed E-state index contributed by atoms with van der Waals surface area (Å²) in [5, 5.41) is 22.6. The first-order chi connectivity index (χ1) is 11.1. The first kappa shape index (κ1) is 15.5. The van der Waals surface area contributed by atoms with Crippen molar-refractivity contribution in [2.24, 2.45) is 0 Å². The number of hydrogen-bond donors (Lipinski definition) is 1. The fourth-order valence-electron chi connectivity index (χ4n) is 2.36. The lowest BCUT2D eigenvalue weighted by atomic mass is 10.1. The fraction of sp³-hybridized carbons (Fsp3) is 0.357. The van der Waals surface area contributed by atoms with E-state index in [4.69, 9.17) is 4.74 Å². The SMILES string of the molecule is O=C(Cc1ccccc1[N+](=O)[O-])Nc1nnc(C2CCCO2)s1. The summed E-state index contributed by atoms with van der Waals surface area (Å²) >= 11 is 1.27. The summed E-state index contributed by atoms with van der Waals surface area (Å²) in [7, 11) is 0. The highest BCUT2D eigenvalue weighted by Crippen LogP contribution is 2.32. The molecule has 1 aliphatic rings. The van der Waals surface area contributed by atoms with Crippen molar-refractivity contribution < 1.29 is 14.5 Å². The highest BCUT2D eigenvalue weighted by molar-refractivity contribution is 7.15. The summed E-state index contributed by atoms with van der Waals surface area (Å²) in [6.07, 6.45) is 1.75. The third-order valence-electron chi connectivity index (χ3n) is 3.43. The summed E-state index contributed by atoms with van der Waals surface area (Å²) in [5.74, 6) is -0.366. The molecule has 3 rings (SSSR count). The number of para-hydroxylation sites is 1. The van der Waals surface area contributed by atoms with Gasteiger partial charge in [0, 0.05) is 18.2 Å². The molecule has 0 radical (unpaired) electrons. The van der Waals surface area contributed by atoms with Crippen LogP contribution in [-0.4, -0.2) is 27.6 Å². The maximum absolute atomic E-state index is 12.1. The minimum absolute atomic E-state index is 0.0478. The number of rotatable bonds is 5. The quantitative estimate of drug-likeness (QED) is 0.665. The Morgan fingerprint density at radius 2 is 2.26 bits per heavy atom. The van der Waals surface area contributed by atoms with Crippen molar-refractivity contribution >= 4 is 28.1 Å². The Morgan fingerprint density at radius 3 is 3.00 bits per heavy atom. The van der Waals surface area contributed by atoms with Crippen LogP contribution in [0.15, 0.2) is 24.3 Å². The van der Waals surface area contributed by atoms with Crippen LogP contribution in [0.4, 0.5) is 10.8 Å². The number of carbonyl (C=O) groups is 1. The van der Waals surface area contributed by atoms with Crippen molar-refractivity contribution in [1.29, 1.82) is 0 Å². The number of amides is 1. The number of nitro benzene ring substituents is 1. The van der Waals surface area contributed by atoms with Crippen LogP contribution in [0.2, 0.25) is 0 Å². The van der Waals surface area contributed by atoms with Gasteiger partial charge in [0.05, 0.1) is 11.3 Å². The number of carbonyl (C=O) groups excluding carboxylic acids is 1. The maximum Gasteiger partial charge on any atom is 0.273 e. The summed E-state index contributed by atoms with van der Waals surface area (Å²) in [6, 6.07) is 6.17. The van der Waals surface area contributed by atoms with Crippen LogP contribution in [0.3, 0.4) is 0 Å². The van der Waals surface area contributed by atoms with Gasteiger partial charge in [0.2, 0.25) is 11.0 Å². The highest BCUT2D eigenvalue weighted by atomic mass is 32.1. The molecule has 0 bridgehead atoms. The standard InChI is InChI=1S/C14H14N4O4S/c19-12(8-9-4-1-2-5-10(9)18(20)21)15-14-17-16-13(23-14)11-6-3-7-22-11/h1-2,4-5,11H,3,6-8H2,(H,15,17,19). The van der Waals surface area contributed by atoms with Crippen LogP contribution in [0.1, 0.15) is 29.5 Å². The van der Waals surface area contributed by atoms with Crippen LogP contribution in [0.25, 0.3) is 0 Å². The highest BCUT2D eigenvalue weighted by Gasteiger charge is 2.22. The van der Waals surface area contributed by atoms with E-state index in [1.165, 1.54) is 17.4 Å². The molecular formula is C14H14N4O4S. The van der Waals surface area contributed by atoms with Gasteiger partial charge < -0.3 is 10.1 Å². The van der Waals surface area contributed by atoms with Gasteiger partial charge in [0.15, 0.2) is 0 Å². The first-order valence-corrected chi connectivity index (χ1v) is 7.92. The van der Waals surface area contributed by atoms with E-state index < -0.39 is 4.92 Å². The molecular weight excluding hydrogens is 320 g/mol. The van der Waals surface area contributed by atoms with Gasteiger partial charge in [-0.3, -0.25) is 14.9 Å². The van der Waals surface area contributed by atoms with Crippen LogP contribution < -0.4 is 5.32 Å². The largest absolute Gasteiger partial charge is 0.371 e. The molecule has 0 spiro atoms.